The van der Waals surface area contributed by atoms with Gasteiger partial charge in [0.25, 0.3) is 0 Å². The topological polar surface area (TPSA) is 84.3 Å². The van der Waals surface area contributed by atoms with Crippen LogP contribution in [0.3, 0.4) is 0 Å². The molecule has 108 valence electrons. The van der Waals surface area contributed by atoms with Crippen LogP contribution in [-0.2, 0) is 4.79 Å². The average molecular weight is 285 g/mol. The van der Waals surface area contributed by atoms with Crippen LogP contribution in [-0.4, -0.2) is 23.9 Å². The lowest BCUT2D eigenvalue weighted by Crippen LogP contribution is -2.35. The van der Waals surface area contributed by atoms with Gasteiger partial charge in [0.2, 0.25) is 11.7 Å². The zero-order valence-electron chi connectivity index (χ0n) is 10.7. The molecule has 2 N–H and O–H groups in total. The number of hydrogen-bond donors (Lipinski definition) is 2. The van der Waals surface area contributed by atoms with Gasteiger partial charge in [-0.1, -0.05) is 0 Å². The summed E-state index contributed by atoms with van der Waals surface area (Å²) < 4.78 is 26.8. The molecule has 0 spiro atoms. The lowest BCUT2D eigenvalue weighted by Gasteiger charge is -2.21. The number of nitro groups is 1. The van der Waals surface area contributed by atoms with Gasteiger partial charge in [-0.3, -0.25) is 14.9 Å². The van der Waals surface area contributed by atoms with Crippen molar-refractivity contribution in [3.05, 3.63) is 33.9 Å². The molecule has 1 saturated heterocycles. The summed E-state index contributed by atoms with van der Waals surface area (Å²) in [4.78, 5) is 21.7. The third-order valence-electron chi connectivity index (χ3n) is 3.40. The highest BCUT2D eigenvalue weighted by molar-refractivity contribution is 5.95. The van der Waals surface area contributed by atoms with E-state index >= 15 is 0 Å². The molecule has 0 radical (unpaired) electrons. The van der Waals surface area contributed by atoms with Crippen molar-refractivity contribution in [1.29, 1.82) is 0 Å². The van der Waals surface area contributed by atoms with E-state index in [1.807, 2.05) is 0 Å². The fourth-order valence-corrected chi connectivity index (χ4v) is 2.06. The van der Waals surface area contributed by atoms with Crippen LogP contribution >= 0.6 is 0 Å². The third-order valence-corrected chi connectivity index (χ3v) is 3.40. The number of nitro benzene ring substituents is 1. The Balaban J connectivity index is 2.27. The molecule has 1 aliphatic heterocycles. The fourth-order valence-electron chi connectivity index (χ4n) is 2.06. The molecule has 0 aromatic heterocycles. The van der Waals surface area contributed by atoms with Gasteiger partial charge in [0.1, 0.15) is 5.82 Å². The standard InChI is InChI=1S/C12H13F2N3O3/c1-12(2-3-15-6-12)11(18)16-9-5-10(17(19)20)8(14)4-7(9)13/h4-5,15H,2-3,6H2,1H3,(H,16,18). The van der Waals surface area contributed by atoms with Crippen LogP contribution in [0.2, 0.25) is 0 Å². The first-order chi connectivity index (χ1) is 9.33. The van der Waals surface area contributed by atoms with Crippen molar-refractivity contribution in [3.63, 3.8) is 0 Å². The molecule has 0 saturated carbocycles. The van der Waals surface area contributed by atoms with Gasteiger partial charge in [0.15, 0.2) is 0 Å². The summed E-state index contributed by atoms with van der Waals surface area (Å²) in [5.74, 6) is -2.78. The van der Waals surface area contributed by atoms with Crippen molar-refractivity contribution in [2.75, 3.05) is 18.4 Å². The number of anilines is 1. The quantitative estimate of drug-likeness (QED) is 0.655. The first-order valence-electron chi connectivity index (χ1n) is 5.99. The predicted molar refractivity (Wildman–Crippen MR) is 67.2 cm³/mol. The number of nitrogens with one attached hydrogen (secondary N) is 2. The number of benzene rings is 1. The highest BCUT2D eigenvalue weighted by atomic mass is 19.1. The van der Waals surface area contributed by atoms with E-state index in [-0.39, 0.29) is 0 Å². The van der Waals surface area contributed by atoms with Crippen molar-refractivity contribution in [2.24, 2.45) is 5.41 Å². The van der Waals surface area contributed by atoms with Crippen molar-refractivity contribution in [2.45, 2.75) is 13.3 Å². The van der Waals surface area contributed by atoms with E-state index in [9.17, 15) is 23.7 Å². The fraction of sp³-hybridized carbons (Fsp3) is 0.417. The molecule has 1 aromatic carbocycles. The summed E-state index contributed by atoms with van der Waals surface area (Å²) in [7, 11) is 0. The Hall–Kier alpha value is -2.09. The smallest absolute Gasteiger partial charge is 0.307 e. The number of halogens is 2. The van der Waals surface area contributed by atoms with Crippen LogP contribution in [0.5, 0.6) is 0 Å². The second-order valence-electron chi connectivity index (χ2n) is 4.98. The van der Waals surface area contributed by atoms with Gasteiger partial charge in [0.05, 0.1) is 16.0 Å². The summed E-state index contributed by atoms with van der Waals surface area (Å²) in [5.41, 5.74) is -1.98. The molecule has 2 rings (SSSR count). The highest BCUT2D eigenvalue weighted by Crippen LogP contribution is 2.29. The first kappa shape index (κ1) is 14.3. The van der Waals surface area contributed by atoms with Crippen LogP contribution in [0.1, 0.15) is 13.3 Å². The molecule has 1 heterocycles. The third kappa shape index (κ3) is 2.60. The molecule has 0 aliphatic carbocycles. The van der Waals surface area contributed by atoms with Gasteiger partial charge in [-0.05, 0) is 19.9 Å². The number of nitrogens with zero attached hydrogens (tertiary/aromatic N) is 1. The molecule has 6 nitrogen and oxygen atoms in total. The zero-order valence-corrected chi connectivity index (χ0v) is 10.7. The molecule has 1 unspecified atom stereocenters. The molecule has 1 aliphatic rings. The Bertz CT molecular complexity index is 571. The monoisotopic (exact) mass is 285 g/mol. The summed E-state index contributed by atoms with van der Waals surface area (Å²) in [5, 5.41) is 15.9. The minimum absolute atomic E-state index is 0.392. The largest absolute Gasteiger partial charge is 0.323 e. The number of hydrogen-bond acceptors (Lipinski definition) is 4. The molecular formula is C12H13F2N3O3. The summed E-state index contributed by atoms with van der Waals surface area (Å²) in [6.07, 6.45) is 0.573. The Morgan fingerprint density at radius 2 is 2.15 bits per heavy atom. The lowest BCUT2D eigenvalue weighted by atomic mass is 9.88. The van der Waals surface area contributed by atoms with Crippen LogP contribution in [0.25, 0.3) is 0 Å². The first-order valence-corrected chi connectivity index (χ1v) is 5.99. The van der Waals surface area contributed by atoms with E-state index in [1.54, 1.807) is 6.92 Å². The normalized spacial score (nSPS) is 21.8. The maximum Gasteiger partial charge on any atom is 0.307 e. The maximum atomic E-state index is 13.6. The second kappa shape index (κ2) is 5.12. The van der Waals surface area contributed by atoms with Gasteiger partial charge in [0, 0.05) is 18.7 Å². The lowest BCUT2D eigenvalue weighted by molar-refractivity contribution is -0.387. The minimum atomic E-state index is -1.28. The van der Waals surface area contributed by atoms with E-state index in [0.29, 0.717) is 31.6 Å². The Labute approximate surface area is 113 Å². The molecule has 1 fully saturated rings. The second-order valence-corrected chi connectivity index (χ2v) is 4.98. The molecule has 1 aromatic rings. The zero-order chi connectivity index (χ0) is 14.9. The van der Waals surface area contributed by atoms with E-state index in [4.69, 9.17) is 0 Å². The number of rotatable bonds is 3. The number of carbonyl (C=O) groups excluding carboxylic acids is 1. The molecule has 1 atom stereocenters. The number of carbonyl (C=O) groups is 1. The van der Waals surface area contributed by atoms with Gasteiger partial charge < -0.3 is 10.6 Å². The Morgan fingerprint density at radius 3 is 2.70 bits per heavy atom. The van der Waals surface area contributed by atoms with Gasteiger partial charge in [-0.2, -0.15) is 4.39 Å². The molecule has 0 bridgehead atoms. The summed E-state index contributed by atoms with van der Waals surface area (Å²) >= 11 is 0. The maximum absolute atomic E-state index is 13.6. The molecule has 8 heteroatoms. The summed E-state index contributed by atoms with van der Waals surface area (Å²) in [6.45, 7) is 2.80. The minimum Gasteiger partial charge on any atom is -0.323 e. The van der Waals surface area contributed by atoms with Gasteiger partial charge >= 0.3 is 5.69 Å². The number of amides is 1. The molecule has 20 heavy (non-hydrogen) atoms. The Morgan fingerprint density at radius 1 is 1.45 bits per heavy atom. The van der Waals surface area contributed by atoms with Crippen LogP contribution in [0.15, 0.2) is 12.1 Å². The van der Waals surface area contributed by atoms with Gasteiger partial charge in [-0.15, -0.1) is 0 Å². The van der Waals surface area contributed by atoms with E-state index < -0.39 is 39.3 Å². The molecular weight excluding hydrogens is 272 g/mol. The predicted octanol–water partition coefficient (Wildman–Crippen LogP) is 1.81. The van der Waals surface area contributed by atoms with Crippen LogP contribution < -0.4 is 10.6 Å². The van der Waals surface area contributed by atoms with Crippen molar-refractivity contribution in [3.8, 4) is 0 Å². The van der Waals surface area contributed by atoms with Crippen molar-refractivity contribution >= 4 is 17.3 Å². The van der Waals surface area contributed by atoms with E-state index in [1.165, 1.54) is 0 Å². The van der Waals surface area contributed by atoms with Crippen molar-refractivity contribution < 1.29 is 18.5 Å². The van der Waals surface area contributed by atoms with Gasteiger partial charge in [-0.25, -0.2) is 4.39 Å². The molecule has 1 amide bonds. The van der Waals surface area contributed by atoms with Crippen LogP contribution in [0, 0.1) is 27.2 Å². The Kier molecular flexibility index (Phi) is 3.67. The van der Waals surface area contributed by atoms with Crippen molar-refractivity contribution in [1.82, 2.24) is 5.32 Å². The average Bonchev–Trinajstić information content (AvgIpc) is 2.80. The van der Waals surface area contributed by atoms with Crippen LogP contribution in [0.4, 0.5) is 20.2 Å². The SMILES string of the molecule is CC1(C(=O)Nc2cc([N+](=O)[O-])c(F)cc2F)CCNC1. The highest BCUT2D eigenvalue weighted by Gasteiger charge is 2.36. The summed E-state index contributed by atoms with van der Waals surface area (Å²) in [6, 6.07) is 1.08. The van der Waals surface area contributed by atoms with E-state index in [0.717, 1.165) is 0 Å². The van der Waals surface area contributed by atoms with E-state index in [2.05, 4.69) is 10.6 Å².